The Labute approximate surface area is 221 Å². The minimum atomic E-state index is -1.06. The highest BCUT2D eigenvalue weighted by Gasteiger charge is 2.38. The van der Waals surface area contributed by atoms with Crippen molar-refractivity contribution in [3.63, 3.8) is 0 Å². The number of halogens is 1. The molecule has 192 valence electrons. The van der Waals surface area contributed by atoms with Crippen molar-refractivity contribution >= 4 is 49.7 Å². The van der Waals surface area contributed by atoms with Crippen LogP contribution < -0.4 is 5.32 Å². The molecule has 1 amide bonds. The lowest BCUT2D eigenvalue weighted by Crippen LogP contribution is -2.49. The molecule has 3 aromatic heterocycles. The van der Waals surface area contributed by atoms with Gasteiger partial charge in [0.15, 0.2) is 5.65 Å². The first-order chi connectivity index (χ1) is 17.9. The lowest BCUT2D eigenvalue weighted by Gasteiger charge is -2.38. The van der Waals surface area contributed by atoms with Gasteiger partial charge in [-0.3, -0.25) is 9.78 Å². The zero-order chi connectivity index (χ0) is 25.6. The van der Waals surface area contributed by atoms with Gasteiger partial charge in [-0.25, -0.2) is 9.67 Å². The summed E-state index contributed by atoms with van der Waals surface area (Å²) in [6, 6.07) is 9.99. The van der Waals surface area contributed by atoms with Gasteiger partial charge in [-0.05, 0) is 72.3 Å². The van der Waals surface area contributed by atoms with E-state index in [1.54, 1.807) is 17.1 Å². The molecule has 0 bridgehead atoms. The van der Waals surface area contributed by atoms with Crippen LogP contribution in [0.3, 0.4) is 0 Å². The highest BCUT2D eigenvalue weighted by molar-refractivity contribution is 9.10. The van der Waals surface area contributed by atoms with Crippen LogP contribution in [0.25, 0.3) is 27.6 Å². The van der Waals surface area contributed by atoms with Crippen molar-refractivity contribution < 1.29 is 15.0 Å². The van der Waals surface area contributed by atoms with Crippen LogP contribution in [0.2, 0.25) is 0 Å². The third kappa shape index (κ3) is 4.67. The minimum Gasteiger partial charge on any atom is -0.393 e. The molecule has 1 aromatic carbocycles. The lowest BCUT2D eigenvalue weighted by atomic mass is 9.91. The SMILES string of the molecule is O=C([C@@H]1CC[C@@H](Nc2ncc3c(Br)nn(-c4ccc5ncccc5c4)c3n2)C1)N1CCC(O)(CO)CC1. The Morgan fingerprint density at radius 2 is 2.03 bits per heavy atom. The summed E-state index contributed by atoms with van der Waals surface area (Å²) in [6.45, 7) is 0.699. The molecule has 37 heavy (non-hydrogen) atoms. The molecule has 3 N–H and O–H groups in total. The molecule has 6 rings (SSSR count). The average Bonchev–Trinajstić information content (AvgIpc) is 3.52. The number of hydrogen-bond acceptors (Lipinski definition) is 8. The second kappa shape index (κ2) is 9.62. The maximum Gasteiger partial charge on any atom is 0.225 e. The number of amides is 1. The van der Waals surface area contributed by atoms with Crippen molar-refractivity contribution in [3.05, 3.63) is 47.3 Å². The van der Waals surface area contributed by atoms with Crippen LogP contribution >= 0.6 is 15.9 Å². The molecule has 11 heteroatoms. The van der Waals surface area contributed by atoms with Crippen LogP contribution in [0.1, 0.15) is 32.1 Å². The summed E-state index contributed by atoms with van der Waals surface area (Å²) in [4.78, 5) is 28.6. The van der Waals surface area contributed by atoms with E-state index in [1.807, 2.05) is 35.2 Å². The van der Waals surface area contributed by atoms with Crippen LogP contribution in [0, 0.1) is 5.92 Å². The number of nitrogens with one attached hydrogen (secondary N) is 1. The number of fused-ring (bicyclic) bond motifs is 2. The van der Waals surface area contributed by atoms with Crippen molar-refractivity contribution in [2.75, 3.05) is 25.0 Å². The Balaban J connectivity index is 1.17. The highest BCUT2D eigenvalue weighted by atomic mass is 79.9. The van der Waals surface area contributed by atoms with Crippen molar-refractivity contribution in [1.29, 1.82) is 0 Å². The molecule has 2 fully saturated rings. The van der Waals surface area contributed by atoms with Crippen LogP contribution in [-0.2, 0) is 4.79 Å². The Kier molecular flexibility index (Phi) is 6.29. The van der Waals surface area contributed by atoms with Crippen molar-refractivity contribution in [2.24, 2.45) is 5.92 Å². The second-order valence-corrected chi connectivity index (χ2v) is 10.8. The Morgan fingerprint density at radius 3 is 2.84 bits per heavy atom. The summed E-state index contributed by atoms with van der Waals surface area (Å²) < 4.78 is 2.46. The molecule has 0 spiro atoms. The van der Waals surface area contributed by atoms with Crippen LogP contribution in [-0.4, -0.2) is 77.1 Å². The molecule has 1 aliphatic heterocycles. The maximum atomic E-state index is 13.1. The number of aromatic nitrogens is 5. The number of piperidine rings is 1. The molecule has 1 aliphatic carbocycles. The average molecular weight is 566 g/mol. The molecule has 4 heterocycles. The number of carbonyl (C=O) groups excluding carboxylic acids is 1. The molecule has 2 atom stereocenters. The minimum absolute atomic E-state index is 0.0626. The number of likely N-dealkylation sites (tertiary alicyclic amines) is 1. The summed E-state index contributed by atoms with van der Waals surface area (Å²) >= 11 is 3.53. The van der Waals surface area contributed by atoms with Gasteiger partial charge < -0.3 is 20.4 Å². The van der Waals surface area contributed by atoms with E-state index in [4.69, 9.17) is 4.98 Å². The van der Waals surface area contributed by atoms with E-state index >= 15 is 0 Å². The first-order valence-electron chi connectivity index (χ1n) is 12.6. The summed E-state index contributed by atoms with van der Waals surface area (Å²) in [7, 11) is 0. The normalized spacial score (nSPS) is 21.5. The maximum absolute atomic E-state index is 13.1. The molecule has 0 unspecified atom stereocenters. The quantitative estimate of drug-likeness (QED) is 0.336. The Morgan fingerprint density at radius 1 is 1.19 bits per heavy atom. The second-order valence-electron chi connectivity index (χ2n) is 10.1. The number of benzene rings is 1. The number of carbonyl (C=O) groups is 1. The zero-order valence-corrected chi connectivity index (χ0v) is 21.8. The zero-order valence-electron chi connectivity index (χ0n) is 20.2. The van der Waals surface area contributed by atoms with E-state index in [1.165, 1.54) is 0 Å². The summed E-state index contributed by atoms with van der Waals surface area (Å²) in [6.07, 6.45) is 6.72. The first kappa shape index (κ1) is 24.2. The molecule has 1 saturated carbocycles. The van der Waals surface area contributed by atoms with E-state index in [-0.39, 0.29) is 24.5 Å². The van der Waals surface area contributed by atoms with Crippen molar-refractivity contribution in [1.82, 2.24) is 29.6 Å². The molecular weight excluding hydrogens is 538 g/mol. The number of nitrogens with zero attached hydrogens (tertiary/aromatic N) is 6. The van der Waals surface area contributed by atoms with Gasteiger partial charge in [-0.2, -0.15) is 10.1 Å². The van der Waals surface area contributed by atoms with Gasteiger partial charge in [-0.15, -0.1) is 0 Å². The van der Waals surface area contributed by atoms with Crippen molar-refractivity contribution in [2.45, 2.75) is 43.7 Å². The van der Waals surface area contributed by atoms with Crippen LogP contribution in [0.5, 0.6) is 0 Å². The largest absolute Gasteiger partial charge is 0.393 e. The summed E-state index contributed by atoms with van der Waals surface area (Å²) in [5.74, 6) is 0.577. The fourth-order valence-corrected chi connectivity index (χ4v) is 5.83. The number of pyridine rings is 1. The summed E-state index contributed by atoms with van der Waals surface area (Å²) in [5, 5.41) is 29.5. The number of rotatable bonds is 5. The van der Waals surface area contributed by atoms with Crippen LogP contribution in [0.4, 0.5) is 5.95 Å². The number of anilines is 1. The van der Waals surface area contributed by atoms with Crippen molar-refractivity contribution in [3.8, 4) is 5.69 Å². The molecule has 10 nitrogen and oxygen atoms in total. The first-order valence-corrected chi connectivity index (χ1v) is 13.4. The third-order valence-electron chi connectivity index (χ3n) is 7.63. The third-order valence-corrected chi connectivity index (χ3v) is 8.21. The van der Waals surface area contributed by atoms with Gasteiger partial charge in [0.05, 0.1) is 28.8 Å². The summed E-state index contributed by atoms with van der Waals surface area (Å²) in [5.41, 5.74) is 1.42. The molecule has 1 saturated heterocycles. The van der Waals surface area contributed by atoms with Gasteiger partial charge in [0.1, 0.15) is 4.60 Å². The molecular formula is C26H28BrN7O3. The van der Waals surface area contributed by atoms with E-state index < -0.39 is 5.60 Å². The molecule has 2 aliphatic rings. The number of aliphatic hydroxyl groups is 2. The molecule has 4 aromatic rings. The van der Waals surface area contributed by atoms with E-state index in [0.29, 0.717) is 48.6 Å². The number of hydrogen-bond donors (Lipinski definition) is 3. The van der Waals surface area contributed by atoms with E-state index in [9.17, 15) is 15.0 Å². The van der Waals surface area contributed by atoms with Gasteiger partial charge in [0, 0.05) is 42.8 Å². The predicted octanol–water partition coefficient (Wildman–Crippen LogP) is 3.05. The van der Waals surface area contributed by atoms with E-state index in [0.717, 1.165) is 34.8 Å². The van der Waals surface area contributed by atoms with E-state index in [2.05, 4.69) is 36.3 Å². The lowest BCUT2D eigenvalue weighted by molar-refractivity contribution is -0.141. The Bertz CT molecular complexity index is 1470. The van der Waals surface area contributed by atoms with Gasteiger partial charge in [-0.1, -0.05) is 6.07 Å². The smallest absolute Gasteiger partial charge is 0.225 e. The Hall–Kier alpha value is -3.15. The fourth-order valence-electron chi connectivity index (χ4n) is 5.39. The fraction of sp³-hybridized carbons (Fsp3) is 0.423. The van der Waals surface area contributed by atoms with Gasteiger partial charge in [0.2, 0.25) is 11.9 Å². The monoisotopic (exact) mass is 565 g/mol. The van der Waals surface area contributed by atoms with Gasteiger partial charge in [0.25, 0.3) is 0 Å². The highest BCUT2D eigenvalue weighted by Crippen LogP contribution is 2.32. The topological polar surface area (TPSA) is 129 Å². The van der Waals surface area contributed by atoms with Gasteiger partial charge >= 0.3 is 0 Å². The standard InChI is InChI=1S/C26H28BrN7O3/c27-22-20-14-29-25(31-23(20)34(32-22)19-5-6-21-16(13-19)2-1-9-28-21)30-18-4-3-17(12-18)24(36)33-10-7-26(37,15-35)8-11-33/h1-2,5-6,9,13-14,17-18,35,37H,3-4,7-8,10-12,15H2,(H,29,30,31)/t17-,18-/m1/s1. The molecule has 0 radical (unpaired) electrons. The predicted molar refractivity (Wildman–Crippen MR) is 142 cm³/mol. The number of aliphatic hydroxyl groups excluding tert-OH is 1. The van der Waals surface area contributed by atoms with Crippen LogP contribution in [0.15, 0.2) is 47.3 Å².